The predicted octanol–water partition coefficient (Wildman–Crippen LogP) is 2.90. The summed E-state index contributed by atoms with van der Waals surface area (Å²) >= 11 is 0. The maximum atomic E-state index is 11.7. The fourth-order valence-electron chi connectivity index (χ4n) is 1.56. The SMILES string of the molecule is CCCCOC(=O)/C(C#N)=C\c1ccc(NC(C)=O)cc1. The summed E-state index contributed by atoms with van der Waals surface area (Å²) in [4.78, 5) is 22.6. The molecule has 0 unspecified atom stereocenters. The summed E-state index contributed by atoms with van der Waals surface area (Å²) in [5.41, 5.74) is 1.30. The highest BCUT2D eigenvalue weighted by atomic mass is 16.5. The number of anilines is 1. The zero-order valence-corrected chi connectivity index (χ0v) is 12.2. The summed E-state index contributed by atoms with van der Waals surface area (Å²) in [7, 11) is 0. The first kappa shape index (κ1) is 16.4. The van der Waals surface area contributed by atoms with Crippen molar-refractivity contribution in [2.24, 2.45) is 0 Å². The van der Waals surface area contributed by atoms with Crippen molar-refractivity contribution in [1.29, 1.82) is 5.26 Å². The maximum absolute atomic E-state index is 11.7. The first-order valence-corrected chi connectivity index (χ1v) is 6.73. The van der Waals surface area contributed by atoms with Gasteiger partial charge in [-0.05, 0) is 30.2 Å². The van der Waals surface area contributed by atoms with E-state index in [1.807, 2.05) is 13.0 Å². The van der Waals surface area contributed by atoms with Crippen LogP contribution in [-0.4, -0.2) is 18.5 Å². The Labute approximate surface area is 124 Å². The molecule has 5 nitrogen and oxygen atoms in total. The van der Waals surface area contributed by atoms with Crippen molar-refractivity contribution in [3.05, 3.63) is 35.4 Å². The smallest absolute Gasteiger partial charge is 0.348 e. The van der Waals surface area contributed by atoms with Crippen LogP contribution in [0, 0.1) is 11.3 Å². The van der Waals surface area contributed by atoms with Gasteiger partial charge in [-0.1, -0.05) is 25.5 Å². The molecule has 0 radical (unpaired) electrons. The quantitative estimate of drug-likeness (QED) is 0.377. The number of hydrogen-bond donors (Lipinski definition) is 1. The lowest BCUT2D eigenvalue weighted by Gasteiger charge is -2.04. The lowest BCUT2D eigenvalue weighted by atomic mass is 10.1. The number of hydrogen-bond acceptors (Lipinski definition) is 4. The number of benzene rings is 1. The van der Waals surface area contributed by atoms with Crippen molar-refractivity contribution in [3.63, 3.8) is 0 Å². The second kappa shape index (κ2) is 8.54. The number of nitrogens with one attached hydrogen (secondary N) is 1. The first-order valence-electron chi connectivity index (χ1n) is 6.73. The number of amides is 1. The predicted molar refractivity (Wildman–Crippen MR) is 80.2 cm³/mol. The Hall–Kier alpha value is -2.61. The molecule has 0 aromatic heterocycles. The molecule has 0 aliphatic heterocycles. The Morgan fingerprint density at radius 1 is 1.33 bits per heavy atom. The largest absolute Gasteiger partial charge is 0.462 e. The average molecular weight is 286 g/mol. The third-order valence-corrected chi connectivity index (χ3v) is 2.61. The lowest BCUT2D eigenvalue weighted by Crippen LogP contribution is -2.08. The zero-order chi connectivity index (χ0) is 15.7. The second-order valence-electron chi connectivity index (χ2n) is 4.46. The molecule has 0 aliphatic rings. The highest BCUT2D eigenvalue weighted by molar-refractivity contribution is 5.98. The monoisotopic (exact) mass is 286 g/mol. The summed E-state index contributed by atoms with van der Waals surface area (Å²) < 4.78 is 5.00. The number of carbonyl (C=O) groups is 2. The van der Waals surface area contributed by atoms with Crippen LogP contribution < -0.4 is 5.32 Å². The van der Waals surface area contributed by atoms with Gasteiger partial charge in [0.15, 0.2) is 0 Å². The molecule has 0 spiro atoms. The first-order chi connectivity index (χ1) is 10.1. The molecule has 1 aromatic carbocycles. The van der Waals surface area contributed by atoms with E-state index in [1.54, 1.807) is 24.3 Å². The Balaban J connectivity index is 2.76. The normalized spacial score (nSPS) is 10.6. The topological polar surface area (TPSA) is 79.2 Å². The fourth-order valence-corrected chi connectivity index (χ4v) is 1.56. The van der Waals surface area contributed by atoms with E-state index in [4.69, 9.17) is 10.00 Å². The molecule has 0 saturated heterocycles. The molecule has 21 heavy (non-hydrogen) atoms. The average Bonchev–Trinajstić information content (AvgIpc) is 2.46. The molecule has 1 aromatic rings. The highest BCUT2D eigenvalue weighted by Crippen LogP contribution is 2.13. The minimum Gasteiger partial charge on any atom is -0.462 e. The Morgan fingerprint density at radius 2 is 2.00 bits per heavy atom. The number of nitrogens with zero attached hydrogens (tertiary/aromatic N) is 1. The minimum atomic E-state index is -0.614. The van der Waals surface area contributed by atoms with E-state index < -0.39 is 5.97 Å². The van der Waals surface area contributed by atoms with Gasteiger partial charge in [-0.15, -0.1) is 0 Å². The van der Waals surface area contributed by atoms with Gasteiger partial charge in [0.25, 0.3) is 0 Å². The number of rotatable bonds is 6. The molecular weight excluding hydrogens is 268 g/mol. The van der Waals surface area contributed by atoms with Gasteiger partial charge < -0.3 is 10.1 Å². The summed E-state index contributed by atoms with van der Waals surface area (Å²) in [6, 6.07) is 8.66. The number of nitriles is 1. The van der Waals surface area contributed by atoms with Crippen LogP contribution in [0.4, 0.5) is 5.69 Å². The Morgan fingerprint density at radius 3 is 2.52 bits per heavy atom. The van der Waals surface area contributed by atoms with E-state index in [0.717, 1.165) is 12.8 Å². The molecule has 110 valence electrons. The van der Waals surface area contributed by atoms with E-state index in [2.05, 4.69) is 5.32 Å². The van der Waals surface area contributed by atoms with Crippen LogP contribution in [0.5, 0.6) is 0 Å². The fraction of sp³-hybridized carbons (Fsp3) is 0.312. The van der Waals surface area contributed by atoms with Gasteiger partial charge in [-0.25, -0.2) is 4.79 Å². The van der Waals surface area contributed by atoms with Gasteiger partial charge in [0.1, 0.15) is 11.6 Å². The second-order valence-corrected chi connectivity index (χ2v) is 4.46. The Bertz CT molecular complexity index is 568. The van der Waals surface area contributed by atoms with Gasteiger partial charge in [-0.3, -0.25) is 4.79 Å². The van der Waals surface area contributed by atoms with Crippen molar-refractivity contribution >= 4 is 23.6 Å². The molecule has 0 aliphatic carbocycles. The van der Waals surface area contributed by atoms with Crippen molar-refractivity contribution in [2.45, 2.75) is 26.7 Å². The highest BCUT2D eigenvalue weighted by Gasteiger charge is 2.10. The Kier molecular flexibility index (Phi) is 6.69. The van der Waals surface area contributed by atoms with Crippen LogP contribution in [0.15, 0.2) is 29.8 Å². The molecule has 1 amide bonds. The molecule has 1 N–H and O–H groups in total. The van der Waals surface area contributed by atoms with E-state index in [1.165, 1.54) is 13.0 Å². The van der Waals surface area contributed by atoms with Gasteiger partial charge in [0.05, 0.1) is 6.61 Å². The molecule has 0 heterocycles. The van der Waals surface area contributed by atoms with E-state index >= 15 is 0 Å². The summed E-state index contributed by atoms with van der Waals surface area (Å²) in [6.07, 6.45) is 3.16. The van der Waals surface area contributed by atoms with Crippen LogP contribution in [0.3, 0.4) is 0 Å². The number of carbonyl (C=O) groups excluding carboxylic acids is 2. The third kappa shape index (κ3) is 5.91. The van der Waals surface area contributed by atoms with Gasteiger partial charge in [0.2, 0.25) is 5.91 Å². The molecule has 5 heteroatoms. The summed E-state index contributed by atoms with van der Waals surface area (Å²) in [5, 5.41) is 11.7. The maximum Gasteiger partial charge on any atom is 0.348 e. The van der Waals surface area contributed by atoms with Crippen molar-refractivity contribution in [2.75, 3.05) is 11.9 Å². The van der Waals surface area contributed by atoms with Gasteiger partial charge in [-0.2, -0.15) is 5.26 Å². The number of unbranched alkanes of at least 4 members (excludes halogenated alkanes) is 1. The van der Waals surface area contributed by atoms with Gasteiger partial charge >= 0.3 is 5.97 Å². The van der Waals surface area contributed by atoms with Crippen LogP contribution >= 0.6 is 0 Å². The van der Waals surface area contributed by atoms with E-state index in [9.17, 15) is 9.59 Å². The van der Waals surface area contributed by atoms with Crippen LogP contribution in [0.25, 0.3) is 6.08 Å². The molecule has 0 saturated carbocycles. The van der Waals surface area contributed by atoms with Crippen LogP contribution in [0.2, 0.25) is 0 Å². The molecule has 1 rings (SSSR count). The molecular formula is C16H18N2O3. The van der Waals surface area contributed by atoms with Crippen LogP contribution in [0.1, 0.15) is 32.3 Å². The summed E-state index contributed by atoms with van der Waals surface area (Å²) in [5.74, 6) is -0.771. The van der Waals surface area contributed by atoms with Crippen molar-refractivity contribution < 1.29 is 14.3 Å². The lowest BCUT2D eigenvalue weighted by molar-refractivity contribution is -0.138. The van der Waals surface area contributed by atoms with E-state index in [0.29, 0.717) is 17.9 Å². The molecule has 0 atom stereocenters. The standard InChI is InChI=1S/C16H18N2O3/c1-3-4-9-21-16(20)14(11-17)10-13-5-7-15(8-6-13)18-12(2)19/h5-8,10H,3-4,9H2,1-2H3,(H,18,19)/b14-10-. The van der Waals surface area contributed by atoms with Crippen LogP contribution in [-0.2, 0) is 14.3 Å². The van der Waals surface area contributed by atoms with Gasteiger partial charge in [0, 0.05) is 12.6 Å². The minimum absolute atomic E-state index is 0.0432. The zero-order valence-electron chi connectivity index (χ0n) is 12.2. The third-order valence-electron chi connectivity index (χ3n) is 2.61. The number of esters is 1. The molecule has 0 bridgehead atoms. The molecule has 0 fully saturated rings. The van der Waals surface area contributed by atoms with Crippen molar-refractivity contribution in [1.82, 2.24) is 0 Å². The number of ether oxygens (including phenoxy) is 1. The van der Waals surface area contributed by atoms with E-state index in [-0.39, 0.29) is 11.5 Å². The van der Waals surface area contributed by atoms with Crippen molar-refractivity contribution in [3.8, 4) is 6.07 Å². The summed E-state index contributed by atoms with van der Waals surface area (Å²) in [6.45, 7) is 3.73.